The average molecular weight is 275 g/mol. The van der Waals surface area contributed by atoms with Crippen LogP contribution in [-0.2, 0) is 10.2 Å². The van der Waals surface area contributed by atoms with Crippen molar-refractivity contribution in [2.75, 3.05) is 0 Å². The van der Waals surface area contributed by atoms with E-state index in [1.165, 1.54) is 6.21 Å². The van der Waals surface area contributed by atoms with Crippen molar-refractivity contribution in [2.45, 2.75) is 26.3 Å². The summed E-state index contributed by atoms with van der Waals surface area (Å²) in [4.78, 5) is 0. The van der Waals surface area contributed by atoms with Gasteiger partial charge < -0.3 is 0 Å². The molecule has 0 radical (unpaired) electrons. The Morgan fingerprint density at radius 3 is 2.24 bits per heavy atom. The molecule has 6 heteroatoms. The van der Waals surface area contributed by atoms with Gasteiger partial charge in [-0.3, -0.25) is 0 Å². The van der Waals surface area contributed by atoms with Crippen LogP contribution in [0.2, 0.25) is 5.02 Å². The molecule has 0 spiro atoms. The van der Waals surface area contributed by atoms with Crippen LogP contribution in [0.4, 0.5) is 0 Å². The van der Waals surface area contributed by atoms with Crippen LogP contribution in [0.15, 0.2) is 28.7 Å². The van der Waals surface area contributed by atoms with Gasteiger partial charge in [-0.1, -0.05) is 23.7 Å². The lowest BCUT2D eigenvalue weighted by molar-refractivity contribution is 0.492. The highest BCUT2D eigenvalue weighted by Crippen LogP contribution is 2.08. The van der Waals surface area contributed by atoms with Crippen molar-refractivity contribution >= 4 is 28.0 Å². The number of nitrogens with one attached hydrogen (secondary N) is 1. The Hall–Kier alpha value is -0.910. The number of benzene rings is 1. The van der Waals surface area contributed by atoms with E-state index in [0.29, 0.717) is 10.6 Å². The topological polar surface area (TPSA) is 58.5 Å². The first-order chi connectivity index (χ1) is 7.68. The minimum absolute atomic E-state index is 0.545. The second-order valence-electron chi connectivity index (χ2n) is 4.61. The van der Waals surface area contributed by atoms with Gasteiger partial charge >= 0.3 is 10.2 Å². The van der Waals surface area contributed by atoms with Crippen molar-refractivity contribution in [2.24, 2.45) is 4.40 Å². The van der Waals surface area contributed by atoms with Gasteiger partial charge in [0.15, 0.2) is 0 Å². The smallest absolute Gasteiger partial charge is 0.191 e. The van der Waals surface area contributed by atoms with E-state index < -0.39 is 15.7 Å². The number of hydrogen-bond donors (Lipinski definition) is 1. The van der Waals surface area contributed by atoms with Gasteiger partial charge in [0.25, 0.3) is 0 Å². The molecular formula is C11H15ClN2O2S. The largest absolute Gasteiger partial charge is 0.320 e. The molecule has 0 saturated heterocycles. The summed E-state index contributed by atoms with van der Waals surface area (Å²) < 4.78 is 29.1. The van der Waals surface area contributed by atoms with Crippen LogP contribution < -0.4 is 4.72 Å². The first kappa shape index (κ1) is 14.2. The van der Waals surface area contributed by atoms with Crippen LogP contribution in [0.25, 0.3) is 0 Å². The molecule has 1 rings (SSSR count). The summed E-state index contributed by atoms with van der Waals surface area (Å²) in [5, 5.41) is 0.595. The van der Waals surface area contributed by atoms with Crippen molar-refractivity contribution in [1.29, 1.82) is 0 Å². The molecule has 0 saturated carbocycles. The van der Waals surface area contributed by atoms with Crippen molar-refractivity contribution in [3.63, 3.8) is 0 Å². The fourth-order valence-corrected chi connectivity index (χ4v) is 2.31. The first-order valence-electron chi connectivity index (χ1n) is 5.03. The predicted molar refractivity (Wildman–Crippen MR) is 70.9 cm³/mol. The molecule has 1 N–H and O–H groups in total. The SMILES string of the molecule is CC(C)(C)NS(=O)(=O)/N=C/c1ccc(Cl)cc1. The summed E-state index contributed by atoms with van der Waals surface area (Å²) in [6.45, 7) is 5.26. The standard InChI is InChI=1S/C11H15ClN2O2S/c1-11(2,3)14-17(15,16)13-8-9-4-6-10(12)7-5-9/h4-8,14H,1-3H3/b13-8+. The van der Waals surface area contributed by atoms with E-state index in [0.717, 1.165) is 0 Å². The van der Waals surface area contributed by atoms with Gasteiger partial charge in [0.05, 0.1) is 0 Å². The maximum Gasteiger partial charge on any atom is 0.320 e. The molecule has 4 nitrogen and oxygen atoms in total. The molecule has 0 bridgehead atoms. The van der Waals surface area contributed by atoms with E-state index >= 15 is 0 Å². The molecule has 1 aromatic rings. The molecule has 0 aromatic heterocycles. The number of nitrogens with zero attached hydrogens (tertiary/aromatic N) is 1. The zero-order chi connectivity index (χ0) is 13.1. The van der Waals surface area contributed by atoms with Crippen molar-refractivity contribution in [3.05, 3.63) is 34.9 Å². The molecule has 17 heavy (non-hydrogen) atoms. The summed E-state index contributed by atoms with van der Waals surface area (Å²) in [6, 6.07) is 6.73. The highest BCUT2D eigenvalue weighted by molar-refractivity contribution is 7.88. The fraction of sp³-hybridized carbons (Fsp3) is 0.364. The highest BCUT2D eigenvalue weighted by Gasteiger charge is 2.17. The van der Waals surface area contributed by atoms with Gasteiger partial charge in [-0.05, 0) is 38.5 Å². The molecule has 0 unspecified atom stereocenters. The Morgan fingerprint density at radius 1 is 1.24 bits per heavy atom. The van der Waals surface area contributed by atoms with Gasteiger partial charge in [-0.25, -0.2) is 0 Å². The number of halogens is 1. The Kier molecular flexibility index (Phi) is 4.30. The lowest BCUT2D eigenvalue weighted by Gasteiger charge is -2.17. The van der Waals surface area contributed by atoms with Gasteiger partial charge in [-0.2, -0.15) is 17.5 Å². The second kappa shape index (κ2) is 5.16. The van der Waals surface area contributed by atoms with Crippen molar-refractivity contribution in [1.82, 2.24) is 4.72 Å². The Labute approximate surface area is 107 Å². The summed E-state index contributed by atoms with van der Waals surface area (Å²) in [5.74, 6) is 0. The van der Waals surface area contributed by atoms with Crippen LogP contribution in [0.3, 0.4) is 0 Å². The molecule has 0 atom stereocenters. The Balaban J connectivity index is 2.81. The van der Waals surface area contributed by atoms with Crippen LogP contribution in [0.1, 0.15) is 26.3 Å². The molecule has 0 heterocycles. The maximum atomic E-state index is 11.6. The maximum absolute atomic E-state index is 11.6. The summed E-state index contributed by atoms with van der Waals surface area (Å²) in [5.41, 5.74) is 0.129. The first-order valence-corrected chi connectivity index (χ1v) is 6.85. The zero-order valence-corrected chi connectivity index (χ0v) is 11.5. The number of rotatable bonds is 3. The summed E-state index contributed by atoms with van der Waals surface area (Å²) in [6.07, 6.45) is 1.28. The number of hydrogen-bond acceptors (Lipinski definition) is 2. The normalized spacial score (nSPS) is 13.2. The highest BCUT2D eigenvalue weighted by atomic mass is 35.5. The lowest BCUT2D eigenvalue weighted by atomic mass is 10.1. The summed E-state index contributed by atoms with van der Waals surface area (Å²) >= 11 is 5.71. The van der Waals surface area contributed by atoms with Gasteiger partial charge in [0, 0.05) is 16.8 Å². The summed E-state index contributed by atoms with van der Waals surface area (Å²) in [7, 11) is -3.66. The minimum atomic E-state index is -3.66. The van der Waals surface area contributed by atoms with Gasteiger partial charge in [-0.15, -0.1) is 0 Å². The van der Waals surface area contributed by atoms with Crippen molar-refractivity contribution < 1.29 is 8.42 Å². The molecule has 1 aromatic carbocycles. The molecular weight excluding hydrogens is 260 g/mol. The van der Waals surface area contributed by atoms with E-state index in [2.05, 4.69) is 9.12 Å². The van der Waals surface area contributed by atoms with E-state index in [4.69, 9.17) is 11.6 Å². The predicted octanol–water partition coefficient (Wildman–Crippen LogP) is 2.39. The molecule has 0 aliphatic heterocycles. The fourth-order valence-electron chi connectivity index (χ4n) is 1.09. The third kappa shape index (κ3) is 5.81. The molecule has 0 aliphatic rings. The molecule has 0 fully saturated rings. The Bertz CT molecular complexity index is 501. The minimum Gasteiger partial charge on any atom is -0.191 e. The van der Waals surface area contributed by atoms with E-state index in [1.807, 2.05) is 0 Å². The van der Waals surface area contributed by atoms with Crippen LogP contribution in [-0.4, -0.2) is 20.2 Å². The third-order valence-corrected chi connectivity index (χ3v) is 3.15. The quantitative estimate of drug-likeness (QED) is 0.861. The van der Waals surface area contributed by atoms with Crippen LogP contribution in [0.5, 0.6) is 0 Å². The monoisotopic (exact) mass is 274 g/mol. The van der Waals surface area contributed by atoms with Gasteiger partial charge in [0.1, 0.15) is 0 Å². The van der Waals surface area contributed by atoms with Crippen LogP contribution in [0, 0.1) is 0 Å². The average Bonchev–Trinajstić information content (AvgIpc) is 2.13. The van der Waals surface area contributed by atoms with E-state index in [-0.39, 0.29) is 0 Å². The van der Waals surface area contributed by atoms with Crippen LogP contribution >= 0.6 is 11.6 Å². The molecule has 0 amide bonds. The lowest BCUT2D eigenvalue weighted by Crippen LogP contribution is -2.39. The second-order valence-corrected chi connectivity index (χ2v) is 6.41. The van der Waals surface area contributed by atoms with Crippen molar-refractivity contribution in [3.8, 4) is 0 Å². The van der Waals surface area contributed by atoms with E-state index in [1.54, 1.807) is 45.0 Å². The molecule has 0 aliphatic carbocycles. The molecule has 94 valence electrons. The van der Waals surface area contributed by atoms with Gasteiger partial charge in [0.2, 0.25) is 0 Å². The zero-order valence-electron chi connectivity index (χ0n) is 9.94. The van der Waals surface area contributed by atoms with E-state index in [9.17, 15) is 8.42 Å². The third-order valence-electron chi connectivity index (χ3n) is 1.65. The Morgan fingerprint density at radius 2 is 1.76 bits per heavy atom.